The molecule has 4 rings (SSSR count). The van der Waals surface area contributed by atoms with Crippen LogP contribution in [0.2, 0.25) is 0 Å². The van der Waals surface area contributed by atoms with Crippen LogP contribution in [0.1, 0.15) is 48.2 Å². The van der Waals surface area contributed by atoms with E-state index in [-0.39, 0.29) is 10.8 Å². The van der Waals surface area contributed by atoms with E-state index in [0.717, 1.165) is 48.0 Å². The molecule has 0 spiro atoms. The molecule has 1 fully saturated rings. The van der Waals surface area contributed by atoms with Gasteiger partial charge in [0, 0.05) is 37.3 Å². The number of para-hydroxylation sites is 1. The molecule has 1 N–H and O–H groups in total. The van der Waals surface area contributed by atoms with Gasteiger partial charge < -0.3 is 10.2 Å². The molecule has 0 saturated carbocycles. The Balaban J connectivity index is 1.76. The number of fused-ring (bicyclic) bond motifs is 1. The summed E-state index contributed by atoms with van der Waals surface area (Å²) in [6.07, 6.45) is 2.14. The molecule has 0 unspecified atom stereocenters. The van der Waals surface area contributed by atoms with Gasteiger partial charge in [-0.1, -0.05) is 32.0 Å². The van der Waals surface area contributed by atoms with Crippen molar-refractivity contribution in [1.29, 1.82) is 0 Å². The predicted octanol–water partition coefficient (Wildman–Crippen LogP) is 4.73. The number of anilines is 2. The van der Waals surface area contributed by atoms with E-state index in [0.29, 0.717) is 30.2 Å². The van der Waals surface area contributed by atoms with Gasteiger partial charge >= 0.3 is 0 Å². The zero-order valence-electron chi connectivity index (χ0n) is 20.3. The average Bonchev–Trinajstić information content (AvgIpc) is 3.36. The SMILES string of the molecule is CCN(CC)S(=O)(=O)c1cc(C)c(C)c(NC(=O)c2cc3ccccc3nc2N2CCCC2)c1. The number of benzene rings is 2. The zero-order valence-corrected chi connectivity index (χ0v) is 21.1. The highest BCUT2D eigenvalue weighted by Crippen LogP contribution is 2.30. The molecule has 2 aromatic carbocycles. The van der Waals surface area contributed by atoms with E-state index in [1.165, 1.54) is 4.31 Å². The van der Waals surface area contributed by atoms with Crippen LogP contribution in [0.5, 0.6) is 0 Å². The molecule has 2 heterocycles. The molecule has 8 heteroatoms. The first kappa shape index (κ1) is 24.2. The Morgan fingerprint density at radius 3 is 2.41 bits per heavy atom. The van der Waals surface area contributed by atoms with Crippen LogP contribution in [0.25, 0.3) is 10.9 Å². The van der Waals surface area contributed by atoms with Crippen LogP contribution in [-0.4, -0.2) is 49.8 Å². The maximum absolute atomic E-state index is 13.6. The van der Waals surface area contributed by atoms with Gasteiger partial charge in [0.25, 0.3) is 5.91 Å². The number of pyridine rings is 1. The monoisotopic (exact) mass is 480 g/mol. The van der Waals surface area contributed by atoms with Crippen LogP contribution in [0, 0.1) is 13.8 Å². The first-order valence-corrected chi connectivity index (χ1v) is 13.3. The van der Waals surface area contributed by atoms with Crippen molar-refractivity contribution in [3.63, 3.8) is 0 Å². The van der Waals surface area contributed by atoms with E-state index in [1.54, 1.807) is 12.1 Å². The Morgan fingerprint density at radius 2 is 1.74 bits per heavy atom. The van der Waals surface area contributed by atoms with Crippen molar-refractivity contribution in [3.05, 3.63) is 59.2 Å². The lowest BCUT2D eigenvalue weighted by molar-refractivity contribution is 0.102. The molecule has 3 aromatic rings. The fourth-order valence-corrected chi connectivity index (χ4v) is 6.02. The van der Waals surface area contributed by atoms with Crippen LogP contribution in [0.15, 0.2) is 47.4 Å². The second-order valence-corrected chi connectivity index (χ2v) is 10.6. The number of aromatic nitrogens is 1. The van der Waals surface area contributed by atoms with E-state index in [1.807, 2.05) is 58.0 Å². The Kier molecular flexibility index (Phi) is 6.91. The molecule has 1 aliphatic rings. The largest absolute Gasteiger partial charge is 0.356 e. The Bertz CT molecular complexity index is 1330. The van der Waals surface area contributed by atoms with E-state index in [9.17, 15) is 13.2 Å². The third kappa shape index (κ3) is 4.52. The summed E-state index contributed by atoms with van der Waals surface area (Å²) < 4.78 is 27.7. The van der Waals surface area contributed by atoms with Gasteiger partial charge in [-0.3, -0.25) is 4.79 Å². The van der Waals surface area contributed by atoms with Crippen LogP contribution in [0.4, 0.5) is 11.5 Å². The van der Waals surface area contributed by atoms with Crippen molar-refractivity contribution in [2.75, 3.05) is 36.4 Å². The number of nitrogens with one attached hydrogen (secondary N) is 1. The molecular weight excluding hydrogens is 448 g/mol. The number of aryl methyl sites for hydroxylation is 1. The van der Waals surface area contributed by atoms with Crippen molar-refractivity contribution in [1.82, 2.24) is 9.29 Å². The molecule has 0 radical (unpaired) electrons. The van der Waals surface area contributed by atoms with E-state index < -0.39 is 10.0 Å². The van der Waals surface area contributed by atoms with Gasteiger partial charge in [0.1, 0.15) is 5.82 Å². The summed E-state index contributed by atoms with van der Waals surface area (Å²) in [5, 5.41) is 3.88. The van der Waals surface area contributed by atoms with Crippen molar-refractivity contribution in [2.45, 2.75) is 45.4 Å². The smallest absolute Gasteiger partial charge is 0.259 e. The minimum absolute atomic E-state index is 0.186. The minimum atomic E-state index is -3.65. The highest BCUT2D eigenvalue weighted by molar-refractivity contribution is 7.89. The molecule has 0 atom stereocenters. The summed E-state index contributed by atoms with van der Waals surface area (Å²) in [5.74, 6) is 0.384. The van der Waals surface area contributed by atoms with Gasteiger partial charge in [-0.2, -0.15) is 4.31 Å². The summed E-state index contributed by atoms with van der Waals surface area (Å²) in [4.78, 5) is 20.7. The number of sulfonamides is 1. The third-order valence-electron chi connectivity index (χ3n) is 6.59. The first-order chi connectivity index (χ1) is 16.3. The van der Waals surface area contributed by atoms with E-state index in [2.05, 4.69) is 10.2 Å². The first-order valence-electron chi connectivity index (χ1n) is 11.8. The number of hydrogen-bond acceptors (Lipinski definition) is 5. The van der Waals surface area contributed by atoms with Gasteiger partial charge in [0.05, 0.1) is 16.0 Å². The lowest BCUT2D eigenvalue weighted by Crippen LogP contribution is -2.31. The summed E-state index contributed by atoms with van der Waals surface area (Å²) in [5.41, 5.74) is 3.48. The van der Waals surface area contributed by atoms with E-state index >= 15 is 0 Å². The molecule has 180 valence electrons. The molecule has 1 aromatic heterocycles. The standard InChI is InChI=1S/C26H32N4O3S/c1-5-30(6-2)34(32,33)21-15-18(3)19(4)24(17-21)28-26(31)22-16-20-11-7-8-12-23(20)27-25(22)29-13-9-10-14-29/h7-8,11-12,15-17H,5-6,9-10,13-14H2,1-4H3,(H,28,31). The van der Waals surface area contributed by atoms with Gasteiger partial charge in [0.2, 0.25) is 10.0 Å². The minimum Gasteiger partial charge on any atom is -0.356 e. The van der Waals surface area contributed by atoms with E-state index in [4.69, 9.17) is 4.98 Å². The molecule has 7 nitrogen and oxygen atoms in total. The number of rotatable bonds is 7. The van der Waals surface area contributed by atoms with Crippen molar-refractivity contribution >= 4 is 38.3 Å². The maximum atomic E-state index is 13.6. The van der Waals surface area contributed by atoms with Gasteiger partial charge in [-0.05, 0) is 62.1 Å². The molecule has 34 heavy (non-hydrogen) atoms. The van der Waals surface area contributed by atoms with Crippen LogP contribution in [0.3, 0.4) is 0 Å². The van der Waals surface area contributed by atoms with Crippen molar-refractivity contribution in [3.8, 4) is 0 Å². The molecule has 1 aliphatic heterocycles. The zero-order chi connectivity index (χ0) is 24.5. The summed E-state index contributed by atoms with van der Waals surface area (Å²) >= 11 is 0. The highest BCUT2D eigenvalue weighted by Gasteiger charge is 2.25. The lowest BCUT2D eigenvalue weighted by Gasteiger charge is -2.22. The van der Waals surface area contributed by atoms with Crippen molar-refractivity contribution < 1.29 is 13.2 Å². The van der Waals surface area contributed by atoms with Crippen LogP contribution < -0.4 is 10.2 Å². The predicted molar refractivity (Wildman–Crippen MR) is 137 cm³/mol. The normalized spacial score (nSPS) is 14.2. The molecule has 1 amide bonds. The number of hydrogen-bond donors (Lipinski definition) is 1. The lowest BCUT2D eigenvalue weighted by atomic mass is 10.1. The second-order valence-electron chi connectivity index (χ2n) is 8.70. The Labute approximate surface area is 201 Å². The summed E-state index contributed by atoms with van der Waals surface area (Å²) in [7, 11) is -3.65. The maximum Gasteiger partial charge on any atom is 0.259 e. The van der Waals surface area contributed by atoms with Crippen molar-refractivity contribution in [2.24, 2.45) is 0 Å². The molecule has 0 bridgehead atoms. The Hall–Kier alpha value is -2.97. The van der Waals surface area contributed by atoms with Gasteiger partial charge in [0.15, 0.2) is 0 Å². The number of carbonyl (C=O) groups is 1. The second kappa shape index (κ2) is 9.72. The fourth-order valence-electron chi connectivity index (χ4n) is 4.45. The summed E-state index contributed by atoms with van der Waals surface area (Å²) in [6.45, 7) is 9.88. The van der Waals surface area contributed by atoms with Gasteiger partial charge in [-0.25, -0.2) is 13.4 Å². The topological polar surface area (TPSA) is 82.6 Å². The van der Waals surface area contributed by atoms with Crippen LogP contribution >= 0.6 is 0 Å². The fraction of sp³-hybridized carbons (Fsp3) is 0.385. The number of nitrogens with zero attached hydrogens (tertiary/aromatic N) is 3. The Morgan fingerprint density at radius 1 is 1.06 bits per heavy atom. The highest BCUT2D eigenvalue weighted by atomic mass is 32.2. The quantitative estimate of drug-likeness (QED) is 0.528. The number of amides is 1. The molecular formula is C26H32N4O3S. The molecule has 0 aliphatic carbocycles. The van der Waals surface area contributed by atoms with Crippen LogP contribution in [-0.2, 0) is 10.0 Å². The average molecular weight is 481 g/mol. The van der Waals surface area contributed by atoms with Gasteiger partial charge in [-0.15, -0.1) is 0 Å². The third-order valence-corrected chi connectivity index (χ3v) is 8.61. The summed E-state index contributed by atoms with van der Waals surface area (Å²) in [6, 6.07) is 12.9. The molecule has 1 saturated heterocycles. The number of carbonyl (C=O) groups excluding carboxylic acids is 1.